The minimum Gasteiger partial charge on any atom is -0.398 e. The van der Waals surface area contributed by atoms with Crippen LogP contribution in [0, 0.1) is 6.92 Å². The van der Waals surface area contributed by atoms with Crippen molar-refractivity contribution < 1.29 is 0 Å². The van der Waals surface area contributed by atoms with Crippen molar-refractivity contribution in [2.24, 2.45) is 0 Å². The fourth-order valence-electron chi connectivity index (χ4n) is 1.21. The summed E-state index contributed by atoms with van der Waals surface area (Å²) >= 11 is 7.40. The zero-order valence-electron chi connectivity index (χ0n) is 7.62. The molecule has 0 spiro atoms. The average molecular weight is 225 g/mol. The Morgan fingerprint density at radius 2 is 2.21 bits per heavy atom. The molecule has 0 bridgehead atoms. The van der Waals surface area contributed by atoms with Crippen molar-refractivity contribution in [1.29, 1.82) is 0 Å². The molecule has 1 aromatic heterocycles. The summed E-state index contributed by atoms with van der Waals surface area (Å²) in [5.41, 5.74) is 8.48. The maximum atomic E-state index is 5.84. The Labute approximate surface area is 91.4 Å². The average Bonchev–Trinajstić information content (AvgIpc) is 2.51. The number of hydrogen-bond donors (Lipinski definition) is 1. The van der Waals surface area contributed by atoms with Gasteiger partial charge in [-0.25, -0.2) is 4.98 Å². The number of nitrogens with two attached hydrogens (primary N) is 1. The van der Waals surface area contributed by atoms with Gasteiger partial charge in [0.25, 0.3) is 0 Å². The summed E-state index contributed by atoms with van der Waals surface area (Å²) in [5, 5.41) is 3.60. The molecule has 0 fully saturated rings. The molecule has 0 atom stereocenters. The molecule has 0 aliphatic rings. The number of aromatic nitrogens is 1. The van der Waals surface area contributed by atoms with Gasteiger partial charge in [0, 0.05) is 27.3 Å². The lowest BCUT2D eigenvalue weighted by Crippen LogP contribution is -1.89. The molecule has 0 saturated carbocycles. The molecule has 0 aliphatic carbocycles. The van der Waals surface area contributed by atoms with Gasteiger partial charge in [-0.3, -0.25) is 0 Å². The summed E-state index contributed by atoms with van der Waals surface area (Å²) in [4.78, 5) is 4.37. The molecule has 4 heteroatoms. The van der Waals surface area contributed by atoms with Crippen LogP contribution in [0.4, 0.5) is 5.69 Å². The molecule has 2 rings (SSSR count). The highest BCUT2D eigenvalue weighted by Gasteiger charge is 2.06. The summed E-state index contributed by atoms with van der Waals surface area (Å²) in [5.74, 6) is 0. The maximum absolute atomic E-state index is 5.84. The van der Waals surface area contributed by atoms with Gasteiger partial charge >= 0.3 is 0 Å². The molecular weight excluding hydrogens is 216 g/mol. The molecule has 0 amide bonds. The van der Waals surface area contributed by atoms with Crippen LogP contribution < -0.4 is 5.73 Å². The van der Waals surface area contributed by atoms with Crippen LogP contribution in [-0.2, 0) is 0 Å². The third kappa shape index (κ3) is 1.74. The quantitative estimate of drug-likeness (QED) is 0.755. The molecule has 1 aromatic carbocycles. The number of anilines is 1. The lowest BCUT2D eigenvalue weighted by atomic mass is 10.2. The van der Waals surface area contributed by atoms with E-state index in [0.717, 1.165) is 16.3 Å². The second-order valence-corrected chi connectivity index (χ2v) is 4.32. The van der Waals surface area contributed by atoms with E-state index in [1.54, 1.807) is 17.4 Å². The molecule has 72 valence electrons. The fraction of sp³-hybridized carbons (Fsp3) is 0.100. The van der Waals surface area contributed by atoms with Crippen LogP contribution in [0.2, 0.25) is 5.02 Å². The number of thiazole rings is 1. The maximum Gasteiger partial charge on any atom is 0.125 e. The van der Waals surface area contributed by atoms with Crippen molar-refractivity contribution in [2.75, 3.05) is 5.73 Å². The lowest BCUT2D eigenvalue weighted by molar-refractivity contribution is 1.27. The topological polar surface area (TPSA) is 38.9 Å². The predicted molar refractivity (Wildman–Crippen MR) is 61.7 cm³/mol. The van der Waals surface area contributed by atoms with Crippen molar-refractivity contribution in [3.05, 3.63) is 34.3 Å². The van der Waals surface area contributed by atoms with Gasteiger partial charge in [-0.1, -0.05) is 11.6 Å². The van der Waals surface area contributed by atoms with E-state index < -0.39 is 0 Å². The van der Waals surface area contributed by atoms with E-state index in [2.05, 4.69) is 4.98 Å². The van der Waals surface area contributed by atoms with Crippen LogP contribution in [0.1, 0.15) is 5.69 Å². The highest BCUT2D eigenvalue weighted by molar-refractivity contribution is 7.13. The normalized spacial score (nSPS) is 10.4. The van der Waals surface area contributed by atoms with Crippen molar-refractivity contribution >= 4 is 28.6 Å². The van der Waals surface area contributed by atoms with Crippen LogP contribution in [0.15, 0.2) is 23.6 Å². The number of benzene rings is 1. The van der Waals surface area contributed by atoms with E-state index in [-0.39, 0.29) is 0 Å². The van der Waals surface area contributed by atoms with Crippen LogP contribution in [0.25, 0.3) is 10.6 Å². The Balaban J connectivity index is 2.52. The van der Waals surface area contributed by atoms with E-state index in [4.69, 9.17) is 17.3 Å². The lowest BCUT2D eigenvalue weighted by Gasteiger charge is -2.01. The predicted octanol–water partition coefficient (Wildman–Crippen LogP) is 3.35. The van der Waals surface area contributed by atoms with Crippen LogP contribution >= 0.6 is 22.9 Å². The Kier molecular flexibility index (Phi) is 2.44. The standard InChI is InChI=1S/C10H9ClN2S/c1-6-5-14-10(13-6)8-3-2-7(11)4-9(8)12/h2-5H,12H2,1H3. The Bertz CT molecular complexity index is 465. The largest absolute Gasteiger partial charge is 0.398 e. The van der Waals surface area contributed by atoms with Gasteiger partial charge in [0.1, 0.15) is 5.01 Å². The Hall–Kier alpha value is -1.06. The van der Waals surface area contributed by atoms with Gasteiger partial charge in [0.05, 0.1) is 0 Å². The van der Waals surface area contributed by atoms with Crippen LogP contribution in [0.3, 0.4) is 0 Å². The van der Waals surface area contributed by atoms with Gasteiger partial charge in [-0.05, 0) is 25.1 Å². The molecule has 2 nitrogen and oxygen atoms in total. The van der Waals surface area contributed by atoms with Crippen molar-refractivity contribution in [3.63, 3.8) is 0 Å². The molecule has 2 N–H and O–H groups in total. The summed E-state index contributed by atoms with van der Waals surface area (Å²) in [6.45, 7) is 1.96. The first-order valence-electron chi connectivity index (χ1n) is 4.14. The van der Waals surface area contributed by atoms with Gasteiger partial charge < -0.3 is 5.73 Å². The number of aryl methyl sites for hydroxylation is 1. The Morgan fingerprint density at radius 1 is 1.43 bits per heavy atom. The second kappa shape index (κ2) is 3.59. The van der Waals surface area contributed by atoms with E-state index >= 15 is 0 Å². The van der Waals surface area contributed by atoms with E-state index in [9.17, 15) is 0 Å². The second-order valence-electron chi connectivity index (χ2n) is 3.03. The first-order chi connectivity index (χ1) is 6.66. The summed E-state index contributed by atoms with van der Waals surface area (Å²) in [7, 11) is 0. The van der Waals surface area contributed by atoms with Gasteiger partial charge in [0.15, 0.2) is 0 Å². The summed E-state index contributed by atoms with van der Waals surface area (Å²) < 4.78 is 0. The summed E-state index contributed by atoms with van der Waals surface area (Å²) in [6, 6.07) is 5.47. The molecule has 2 aromatic rings. The zero-order valence-corrected chi connectivity index (χ0v) is 9.19. The van der Waals surface area contributed by atoms with Crippen molar-refractivity contribution in [2.45, 2.75) is 6.92 Å². The van der Waals surface area contributed by atoms with E-state index in [1.165, 1.54) is 0 Å². The molecule has 0 saturated heterocycles. The van der Waals surface area contributed by atoms with E-state index in [0.29, 0.717) is 10.7 Å². The highest BCUT2D eigenvalue weighted by atomic mass is 35.5. The molecule has 1 heterocycles. The third-order valence-electron chi connectivity index (χ3n) is 1.86. The van der Waals surface area contributed by atoms with Crippen molar-refractivity contribution in [3.8, 4) is 10.6 Å². The Morgan fingerprint density at radius 3 is 2.79 bits per heavy atom. The van der Waals surface area contributed by atoms with Crippen LogP contribution in [0.5, 0.6) is 0 Å². The molecule has 0 unspecified atom stereocenters. The van der Waals surface area contributed by atoms with Gasteiger partial charge in [0.2, 0.25) is 0 Å². The zero-order chi connectivity index (χ0) is 10.1. The monoisotopic (exact) mass is 224 g/mol. The SMILES string of the molecule is Cc1csc(-c2ccc(Cl)cc2N)n1. The minimum absolute atomic E-state index is 0.652. The molecule has 14 heavy (non-hydrogen) atoms. The molecule has 0 aliphatic heterocycles. The highest BCUT2D eigenvalue weighted by Crippen LogP contribution is 2.30. The number of rotatable bonds is 1. The van der Waals surface area contributed by atoms with Gasteiger partial charge in [-0.15, -0.1) is 11.3 Å². The van der Waals surface area contributed by atoms with E-state index in [1.807, 2.05) is 24.4 Å². The van der Waals surface area contributed by atoms with Crippen LogP contribution in [-0.4, -0.2) is 4.98 Å². The number of hydrogen-bond acceptors (Lipinski definition) is 3. The molecule has 0 radical (unpaired) electrons. The third-order valence-corrected chi connectivity index (χ3v) is 3.09. The molecular formula is C10H9ClN2S. The fourth-order valence-corrected chi connectivity index (χ4v) is 2.23. The van der Waals surface area contributed by atoms with Gasteiger partial charge in [-0.2, -0.15) is 0 Å². The minimum atomic E-state index is 0.652. The number of nitrogens with zero attached hydrogens (tertiary/aromatic N) is 1. The summed E-state index contributed by atoms with van der Waals surface area (Å²) in [6.07, 6.45) is 0. The smallest absolute Gasteiger partial charge is 0.125 e. The van der Waals surface area contributed by atoms with Crippen molar-refractivity contribution in [1.82, 2.24) is 4.98 Å². The number of halogens is 1. The first kappa shape index (κ1) is 9.49. The first-order valence-corrected chi connectivity index (χ1v) is 5.40. The number of nitrogen functional groups attached to an aromatic ring is 1.